The fraction of sp³-hybridized carbons (Fsp3) is 0.625. The molecule has 0 saturated heterocycles. The van der Waals surface area contributed by atoms with Gasteiger partial charge in [0, 0.05) is 19.6 Å². The molecular formula is C16H22F3NO3. The number of β-amino-alcohol motifs (C(OH)–C–C–N with tert-alkyl or cyclic N) is 1. The molecule has 1 unspecified atom stereocenters. The molecule has 130 valence electrons. The Morgan fingerprint density at radius 3 is 2.70 bits per heavy atom. The maximum absolute atomic E-state index is 12.0. The van der Waals surface area contributed by atoms with E-state index < -0.39 is 18.9 Å². The highest BCUT2D eigenvalue weighted by atomic mass is 19.4. The zero-order chi connectivity index (χ0) is 16.9. The molecule has 1 aliphatic heterocycles. The van der Waals surface area contributed by atoms with Crippen LogP contribution in [0.4, 0.5) is 13.2 Å². The molecule has 0 radical (unpaired) electrons. The second-order valence-electron chi connectivity index (χ2n) is 5.68. The molecule has 0 amide bonds. The van der Waals surface area contributed by atoms with E-state index in [1.54, 1.807) is 7.11 Å². The van der Waals surface area contributed by atoms with Crippen LogP contribution in [0.25, 0.3) is 0 Å². The molecule has 1 aliphatic rings. The Hall–Kier alpha value is -1.31. The van der Waals surface area contributed by atoms with Gasteiger partial charge in [0.15, 0.2) is 0 Å². The van der Waals surface area contributed by atoms with Crippen molar-refractivity contribution in [3.8, 4) is 5.75 Å². The van der Waals surface area contributed by atoms with Crippen molar-refractivity contribution in [3.05, 3.63) is 29.3 Å². The largest absolute Gasteiger partial charge is 0.496 e. The Morgan fingerprint density at radius 1 is 1.26 bits per heavy atom. The molecule has 1 aromatic carbocycles. The van der Waals surface area contributed by atoms with Crippen LogP contribution in [-0.2, 0) is 17.6 Å². The summed E-state index contributed by atoms with van der Waals surface area (Å²) in [5.74, 6) is 0.860. The monoisotopic (exact) mass is 333 g/mol. The van der Waals surface area contributed by atoms with Crippen LogP contribution in [-0.4, -0.2) is 62.2 Å². The summed E-state index contributed by atoms with van der Waals surface area (Å²) in [6.07, 6.45) is -3.68. The minimum Gasteiger partial charge on any atom is -0.496 e. The number of aliphatic hydroxyl groups is 1. The molecule has 1 atom stereocenters. The summed E-state index contributed by atoms with van der Waals surface area (Å²) in [7, 11) is 1.64. The standard InChI is InChI=1S/C16H22F3NO3/c1-22-15-4-2-3-12-5-7-20(8-6-14(12)15)9-13(21)10-23-11-16(17,18)19/h2-4,13,21H,5-11H2,1H3. The third-order valence-electron chi connectivity index (χ3n) is 3.87. The summed E-state index contributed by atoms with van der Waals surface area (Å²) in [5.41, 5.74) is 2.38. The van der Waals surface area contributed by atoms with Crippen LogP contribution in [0.1, 0.15) is 11.1 Å². The van der Waals surface area contributed by atoms with Gasteiger partial charge in [0.2, 0.25) is 0 Å². The van der Waals surface area contributed by atoms with Crippen molar-refractivity contribution in [1.29, 1.82) is 0 Å². The Morgan fingerprint density at radius 2 is 2.00 bits per heavy atom. The van der Waals surface area contributed by atoms with E-state index in [1.807, 2.05) is 17.0 Å². The zero-order valence-corrected chi connectivity index (χ0v) is 13.1. The summed E-state index contributed by atoms with van der Waals surface area (Å²) < 4.78 is 45.9. The molecule has 7 heteroatoms. The van der Waals surface area contributed by atoms with Gasteiger partial charge < -0.3 is 19.5 Å². The van der Waals surface area contributed by atoms with Crippen molar-refractivity contribution in [2.45, 2.75) is 25.1 Å². The topological polar surface area (TPSA) is 41.9 Å². The molecule has 1 heterocycles. The number of halogens is 3. The number of benzene rings is 1. The van der Waals surface area contributed by atoms with Gasteiger partial charge in [0.1, 0.15) is 12.4 Å². The summed E-state index contributed by atoms with van der Waals surface area (Å²) in [6, 6.07) is 5.94. The number of alkyl halides is 3. The average Bonchev–Trinajstić information content (AvgIpc) is 2.68. The van der Waals surface area contributed by atoms with E-state index in [2.05, 4.69) is 10.8 Å². The number of hydrogen-bond donors (Lipinski definition) is 1. The lowest BCUT2D eigenvalue weighted by molar-refractivity contribution is -0.179. The van der Waals surface area contributed by atoms with Gasteiger partial charge in [-0.15, -0.1) is 0 Å². The summed E-state index contributed by atoms with van der Waals surface area (Å²) in [6.45, 7) is 0.132. The lowest BCUT2D eigenvalue weighted by Gasteiger charge is -2.23. The molecule has 0 bridgehead atoms. The lowest BCUT2D eigenvalue weighted by atomic mass is 10.0. The lowest BCUT2D eigenvalue weighted by Crippen LogP contribution is -2.37. The first-order valence-corrected chi connectivity index (χ1v) is 7.58. The number of methoxy groups -OCH3 is 1. The minimum absolute atomic E-state index is 0.300. The maximum atomic E-state index is 12.0. The predicted octanol–water partition coefficient (Wildman–Crippen LogP) is 2.04. The highest BCUT2D eigenvalue weighted by molar-refractivity contribution is 5.41. The first kappa shape index (κ1) is 18.0. The number of hydrogen-bond acceptors (Lipinski definition) is 4. The van der Waals surface area contributed by atoms with Crippen molar-refractivity contribution >= 4 is 0 Å². The van der Waals surface area contributed by atoms with Gasteiger partial charge in [0.05, 0.1) is 19.8 Å². The molecular weight excluding hydrogens is 311 g/mol. The molecule has 2 rings (SSSR count). The van der Waals surface area contributed by atoms with Crippen LogP contribution in [0.5, 0.6) is 5.75 Å². The Bertz CT molecular complexity index is 508. The van der Waals surface area contributed by atoms with E-state index >= 15 is 0 Å². The molecule has 0 fully saturated rings. The van der Waals surface area contributed by atoms with Crippen molar-refractivity contribution < 1.29 is 27.8 Å². The zero-order valence-electron chi connectivity index (χ0n) is 13.1. The number of nitrogens with zero attached hydrogens (tertiary/aromatic N) is 1. The minimum atomic E-state index is -4.36. The maximum Gasteiger partial charge on any atom is 0.411 e. The van der Waals surface area contributed by atoms with E-state index in [9.17, 15) is 18.3 Å². The van der Waals surface area contributed by atoms with E-state index in [0.29, 0.717) is 6.54 Å². The fourth-order valence-corrected chi connectivity index (χ4v) is 2.82. The molecule has 0 aromatic heterocycles. The van der Waals surface area contributed by atoms with Gasteiger partial charge in [-0.25, -0.2) is 0 Å². The Labute approximate surface area is 133 Å². The summed E-state index contributed by atoms with van der Waals surface area (Å²) in [4.78, 5) is 2.04. The van der Waals surface area contributed by atoms with Crippen LogP contribution in [0.3, 0.4) is 0 Å². The van der Waals surface area contributed by atoms with E-state index in [-0.39, 0.29) is 6.61 Å². The number of ether oxygens (including phenoxy) is 2. The van der Waals surface area contributed by atoms with Gasteiger partial charge in [-0.2, -0.15) is 13.2 Å². The fourth-order valence-electron chi connectivity index (χ4n) is 2.82. The second kappa shape index (κ2) is 7.99. The second-order valence-corrected chi connectivity index (χ2v) is 5.68. The smallest absolute Gasteiger partial charge is 0.411 e. The van der Waals surface area contributed by atoms with Gasteiger partial charge in [-0.3, -0.25) is 0 Å². The first-order chi connectivity index (χ1) is 10.9. The van der Waals surface area contributed by atoms with Crippen molar-refractivity contribution in [2.24, 2.45) is 0 Å². The van der Waals surface area contributed by atoms with E-state index in [0.717, 1.165) is 31.7 Å². The predicted molar refractivity (Wildman–Crippen MR) is 79.7 cm³/mol. The normalized spacial score (nSPS) is 17.4. The third-order valence-corrected chi connectivity index (χ3v) is 3.87. The summed E-state index contributed by atoms with van der Waals surface area (Å²) >= 11 is 0. The molecule has 0 spiro atoms. The van der Waals surface area contributed by atoms with Crippen LogP contribution in [0.15, 0.2) is 18.2 Å². The van der Waals surface area contributed by atoms with Crippen LogP contribution < -0.4 is 4.74 Å². The van der Waals surface area contributed by atoms with Crippen LogP contribution in [0, 0.1) is 0 Å². The van der Waals surface area contributed by atoms with Crippen LogP contribution >= 0.6 is 0 Å². The van der Waals surface area contributed by atoms with E-state index in [1.165, 1.54) is 11.1 Å². The number of aliphatic hydroxyl groups excluding tert-OH is 1. The molecule has 1 aromatic rings. The molecule has 0 aliphatic carbocycles. The quantitative estimate of drug-likeness (QED) is 0.865. The number of fused-ring (bicyclic) bond motifs is 1. The van der Waals surface area contributed by atoms with Crippen molar-refractivity contribution in [1.82, 2.24) is 4.90 Å². The van der Waals surface area contributed by atoms with Crippen molar-refractivity contribution in [2.75, 3.05) is 40.0 Å². The van der Waals surface area contributed by atoms with Crippen LogP contribution in [0.2, 0.25) is 0 Å². The van der Waals surface area contributed by atoms with Gasteiger partial charge in [0.25, 0.3) is 0 Å². The van der Waals surface area contributed by atoms with Gasteiger partial charge in [-0.05, 0) is 30.0 Å². The molecule has 4 nitrogen and oxygen atoms in total. The SMILES string of the molecule is COc1cccc2c1CCN(CC(O)COCC(F)(F)F)CC2. The first-order valence-electron chi connectivity index (χ1n) is 7.58. The highest BCUT2D eigenvalue weighted by Gasteiger charge is 2.28. The van der Waals surface area contributed by atoms with Gasteiger partial charge >= 0.3 is 6.18 Å². The summed E-state index contributed by atoms with van der Waals surface area (Å²) in [5, 5.41) is 9.85. The molecule has 1 N–H and O–H groups in total. The highest BCUT2D eigenvalue weighted by Crippen LogP contribution is 2.25. The molecule has 23 heavy (non-hydrogen) atoms. The van der Waals surface area contributed by atoms with Crippen molar-refractivity contribution in [3.63, 3.8) is 0 Å². The van der Waals surface area contributed by atoms with E-state index in [4.69, 9.17) is 4.74 Å². The average molecular weight is 333 g/mol. The van der Waals surface area contributed by atoms with Gasteiger partial charge in [-0.1, -0.05) is 12.1 Å². The number of rotatable bonds is 6. The Kier molecular flexibility index (Phi) is 6.26. The third kappa shape index (κ3) is 5.67. The Balaban J connectivity index is 1.83. The molecule has 0 saturated carbocycles.